The normalized spacial score (nSPS) is 29.1. The quantitative estimate of drug-likeness (QED) is 0.332. The van der Waals surface area contributed by atoms with E-state index in [1.165, 1.54) is 25.6 Å². The molecule has 0 saturated carbocycles. The third-order valence-electron chi connectivity index (χ3n) is 3.92. The Hall–Kier alpha value is -1.93. The van der Waals surface area contributed by atoms with Crippen molar-refractivity contribution in [2.75, 3.05) is 13.2 Å². The van der Waals surface area contributed by atoms with Gasteiger partial charge < -0.3 is 14.8 Å². The summed E-state index contributed by atoms with van der Waals surface area (Å²) in [4.78, 5) is 36.8. The fourth-order valence-corrected chi connectivity index (χ4v) is 4.14. The summed E-state index contributed by atoms with van der Waals surface area (Å²) in [5.41, 5.74) is 7.68. The van der Waals surface area contributed by atoms with Gasteiger partial charge in [-0.05, 0) is 17.4 Å². The lowest BCUT2D eigenvalue weighted by Gasteiger charge is -2.43. The summed E-state index contributed by atoms with van der Waals surface area (Å²) in [5.74, 6) is -1.20. The molecular weight excluding hydrogens is 336 g/mol. The fourth-order valence-electron chi connectivity index (χ4n) is 2.48. The second-order valence-corrected chi connectivity index (χ2v) is 7.00. The first kappa shape index (κ1) is 20.1. The minimum atomic E-state index is -0.607. The van der Waals surface area contributed by atoms with Crippen molar-refractivity contribution in [3.63, 3.8) is 0 Å². The first-order valence-electron chi connectivity index (χ1n) is 7.52. The SMILES string of the molecule is CC(=O)OCC1SC(OC(C)=O)C(NC(=O)CN=[N+]=[N-])C(C)C1C. The predicted molar refractivity (Wildman–Crippen MR) is 87.8 cm³/mol. The molecule has 24 heavy (non-hydrogen) atoms. The predicted octanol–water partition coefficient (Wildman–Crippen LogP) is 1.62. The molecule has 1 N–H and O–H groups in total. The van der Waals surface area contributed by atoms with E-state index in [1.54, 1.807) is 0 Å². The summed E-state index contributed by atoms with van der Waals surface area (Å²) in [6, 6.07) is -0.427. The summed E-state index contributed by atoms with van der Waals surface area (Å²) < 4.78 is 10.4. The number of hydrogen-bond donors (Lipinski definition) is 1. The number of nitrogens with zero attached hydrogens (tertiary/aromatic N) is 3. The molecule has 0 aromatic carbocycles. The van der Waals surface area contributed by atoms with E-state index in [9.17, 15) is 14.4 Å². The van der Waals surface area contributed by atoms with E-state index in [1.807, 2.05) is 13.8 Å². The number of carbonyl (C=O) groups is 3. The van der Waals surface area contributed by atoms with Gasteiger partial charge >= 0.3 is 11.9 Å². The molecule has 0 radical (unpaired) electrons. The van der Waals surface area contributed by atoms with Gasteiger partial charge in [0.05, 0.1) is 6.04 Å². The molecule has 5 unspecified atom stereocenters. The van der Waals surface area contributed by atoms with Gasteiger partial charge in [0.15, 0.2) is 5.44 Å². The van der Waals surface area contributed by atoms with E-state index in [0.29, 0.717) is 0 Å². The van der Waals surface area contributed by atoms with Crippen LogP contribution in [0.1, 0.15) is 27.7 Å². The zero-order chi connectivity index (χ0) is 18.3. The van der Waals surface area contributed by atoms with Crippen LogP contribution in [0.15, 0.2) is 5.11 Å². The summed E-state index contributed by atoms with van der Waals surface area (Å²) in [6.07, 6.45) is 0. The van der Waals surface area contributed by atoms with Crippen LogP contribution >= 0.6 is 11.8 Å². The third-order valence-corrected chi connectivity index (χ3v) is 5.50. The molecule has 1 aliphatic rings. The summed E-state index contributed by atoms with van der Waals surface area (Å²) in [7, 11) is 0. The standard InChI is InChI=1S/C14H22N4O5S/c1-7-8(2)13(17-12(21)5-16-18-15)14(23-10(4)20)24-11(7)6-22-9(3)19/h7-8,11,13-14H,5-6H2,1-4H3,(H,17,21). The topological polar surface area (TPSA) is 130 Å². The highest BCUT2D eigenvalue weighted by atomic mass is 32.2. The molecule has 1 aliphatic heterocycles. The maximum atomic E-state index is 11.9. The van der Waals surface area contributed by atoms with Gasteiger partial charge in [0, 0.05) is 24.0 Å². The maximum absolute atomic E-state index is 11.9. The molecule has 134 valence electrons. The van der Waals surface area contributed by atoms with Gasteiger partial charge in [0.2, 0.25) is 5.91 Å². The number of carbonyl (C=O) groups excluding carboxylic acids is 3. The number of amides is 1. The van der Waals surface area contributed by atoms with Crippen LogP contribution in [-0.2, 0) is 23.9 Å². The molecular formula is C14H22N4O5S. The van der Waals surface area contributed by atoms with Gasteiger partial charge in [0.1, 0.15) is 13.2 Å². The zero-order valence-corrected chi connectivity index (χ0v) is 14.9. The Morgan fingerprint density at radius 3 is 2.42 bits per heavy atom. The fraction of sp³-hybridized carbons (Fsp3) is 0.786. The molecule has 1 amide bonds. The van der Waals surface area contributed by atoms with E-state index < -0.39 is 23.4 Å². The Morgan fingerprint density at radius 1 is 1.21 bits per heavy atom. The number of thioether (sulfide) groups is 1. The van der Waals surface area contributed by atoms with Crippen LogP contribution in [-0.4, -0.2) is 47.7 Å². The van der Waals surface area contributed by atoms with E-state index in [-0.39, 0.29) is 36.2 Å². The van der Waals surface area contributed by atoms with E-state index in [4.69, 9.17) is 15.0 Å². The Morgan fingerprint density at radius 2 is 1.88 bits per heavy atom. The minimum absolute atomic E-state index is 0.0360. The summed E-state index contributed by atoms with van der Waals surface area (Å²) in [5, 5.41) is 5.94. The van der Waals surface area contributed by atoms with Gasteiger partial charge in [-0.2, -0.15) is 0 Å². The van der Waals surface area contributed by atoms with Crippen LogP contribution in [0.3, 0.4) is 0 Å². The van der Waals surface area contributed by atoms with E-state index in [2.05, 4.69) is 15.3 Å². The maximum Gasteiger partial charge on any atom is 0.303 e. The van der Waals surface area contributed by atoms with Gasteiger partial charge in [-0.1, -0.05) is 19.0 Å². The molecule has 1 saturated heterocycles. The van der Waals surface area contributed by atoms with Crippen LogP contribution in [0.5, 0.6) is 0 Å². The van der Waals surface area contributed by atoms with Gasteiger partial charge in [-0.3, -0.25) is 14.4 Å². The van der Waals surface area contributed by atoms with Crippen LogP contribution in [0, 0.1) is 11.8 Å². The summed E-state index contributed by atoms with van der Waals surface area (Å²) in [6.45, 7) is 6.45. The molecule has 0 aromatic rings. The van der Waals surface area contributed by atoms with Crippen LogP contribution in [0.4, 0.5) is 0 Å². The van der Waals surface area contributed by atoms with Crippen molar-refractivity contribution < 1.29 is 23.9 Å². The van der Waals surface area contributed by atoms with Crippen LogP contribution in [0.2, 0.25) is 0 Å². The summed E-state index contributed by atoms with van der Waals surface area (Å²) >= 11 is 1.35. The Bertz CT molecular complexity index is 537. The molecule has 5 atom stereocenters. The number of hydrogen-bond acceptors (Lipinski definition) is 7. The number of azide groups is 1. The average Bonchev–Trinajstić information content (AvgIpc) is 2.50. The molecule has 0 bridgehead atoms. The van der Waals surface area contributed by atoms with Crippen LogP contribution < -0.4 is 5.32 Å². The Balaban J connectivity index is 2.87. The molecule has 0 aromatic heterocycles. The first-order valence-corrected chi connectivity index (χ1v) is 8.46. The monoisotopic (exact) mass is 358 g/mol. The zero-order valence-electron chi connectivity index (χ0n) is 14.1. The first-order chi connectivity index (χ1) is 11.3. The lowest BCUT2D eigenvalue weighted by Crippen LogP contribution is -2.55. The molecule has 0 spiro atoms. The van der Waals surface area contributed by atoms with E-state index >= 15 is 0 Å². The third kappa shape index (κ3) is 5.93. The van der Waals surface area contributed by atoms with Crippen molar-refractivity contribution in [2.45, 2.75) is 44.4 Å². The molecule has 1 heterocycles. The van der Waals surface area contributed by atoms with Crippen molar-refractivity contribution in [3.8, 4) is 0 Å². The number of esters is 2. The van der Waals surface area contributed by atoms with Gasteiger partial charge in [-0.25, -0.2) is 0 Å². The minimum Gasteiger partial charge on any atom is -0.465 e. The van der Waals surface area contributed by atoms with Crippen molar-refractivity contribution in [1.82, 2.24) is 5.32 Å². The largest absolute Gasteiger partial charge is 0.465 e. The second kappa shape index (κ2) is 9.39. The number of nitrogens with one attached hydrogen (secondary N) is 1. The van der Waals surface area contributed by atoms with Crippen molar-refractivity contribution in [1.29, 1.82) is 0 Å². The Kier molecular flexibility index (Phi) is 7.87. The highest BCUT2D eigenvalue weighted by Gasteiger charge is 2.43. The number of rotatable bonds is 6. The lowest BCUT2D eigenvalue weighted by atomic mass is 9.86. The molecule has 9 nitrogen and oxygen atoms in total. The van der Waals surface area contributed by atoms with Crippen LogP contribution in [0.25, 0.3) is 10.4 Å². The lowest BCUT2D eigenvalue weighted by molar-refractivity contribution is -0.146. The van der Waals surface area contributed by atoms with Gasteiger partial charge in [-0.15, -0.1) is 11.8 Å². The Labute approximate surface area is 144 Å². The smallest absolute Gasteiger partial charge is 0.303 e. The molecule has 0 aliphatic carbocycles. The van der Waals surface area contributed by atoms with E-state index in [0.717, 1.165) is 0 Å². The van der Waals surface area contributed by atoms with Gasteiger partial charge in [0.25, 0.3) is 0 Å². The van der Waals surface area contributed by atoms with Crippen molar-refractivity contribution in [3.05, 3.63) is 10.4 Å². The highest BCUT2D eigenvalue weighted by Crippen LogP contribution is 2.40. The number of ether oxygens (including phenoxy) is 2. The molecule has 1 rings (SSSR count). The molecule has 10 heteroatoms. The van der Waals surface area contributed by atoms with Crippen molar-refractivity contribution in [2.24, 2.45) is 17.0 Å². The average molecular weight is 358 g/mol. The highest BCUT2D eigenvalue weighted by molar-refractivity contribution is 8.00. The van der Waals surface area contributed by atoms with Crippen molar-refractivity contribution >= 4 is 29.6 Å². The second-order valence-electron chi connectivity index (χ2n) is 5.66. The molecule has 1 fully saturated rings.